The number of nitrogens with zero attached hydrogens (tertiary/aromatic N) is 3. The molecule has 1 aliphatic heterocycles. The Morgan fingerprint density at radius 3 is 2.46 bits per heavy atom. The van der Waals surface area contributed by atoms with Crippen molar-refractivity contribution in [2.45, 2.75) is 18.4 Å². The summed E-state index contributed by atoms with van der Waals surface area (Å²) >= 11 is 1.11. The molecule has 138 valence electrons. The molecule has 0 saturated carbocycles. The van der Waals surface area contributed by atoms with E-state index in [1.165, 1.54) is 17.0 Å². The van der Waals surface area contributed by atoms with Crippen LogP contribution in [0.4, 0.5) is 9.93 Å². The Balaban J connectivity index is 1.73. The van der Waals surface area contributed by atoms with Gasteiger partial charge in [-0.15, -0.1) is 0 Å². The Morgan fingerprint density at radius 1 is 1.27 bits per heavy atom. The number of aryl methyl sites for hydroxylation is 1. The van der Waals surface area contributed by atoms with Crippen molar-refractivity contribution in [1.82, 2.24) is 9.88 Å². The lowest BCUT2D eigenvalue weighted by molar-refractivity contribution is 0.100. The summed E-state index contributed by atoms with van der Waals surface area (Å²) in [4.78, 5) is 32.0. The van der Waals surface area contributed by atoms with Crippen LogP contribution in [-0.4, -0.2) is 49.6 Å². The Hall–Kier alpha value is -2.46. The minimum absolute atomic E-state index is 0.207. The number of primary amides is 1. The fraction of sp³-hybridized carbons (Fsp3) is 0.312. The van der Waals surface area contributed by atoms with Gasteiger partial charge in [-0.05, 0) is 24.6 Å². The van der Waals surface area contributed by atoms with Gasteiger partial charge < -0.3 is 10.6 Å². The van der Waals surface area contributed by atoms with E-state index in [1.54, 1.807) is 24.0 Å². The van der Waals surface area contributed by atoms with Crippen LogP contribution in [0.1, 0.15) is 20.9 Å². The second-order valence-electron chi connectivity index (χ2n) is 6.05. The number of rotatable bonds is 5. The molecule has 0 bridgehead atoms. The Labute approximate surface area is 155 Å². The number of hydrogen-bond acceptors (Lipinski definition) is 6. The molecule has 2 aromatic rings. The molecule has 10 heteroatoms. The highest BCUT2D eigenvalue weighted by Crippen LogP contribution is 2.29. The summed E-state index contributed by atoms with van der Waals surface area (Å²) in [6.07, 6.45) is 1.15. The fourth-order valence-corrected chi connectivity index (χ4v) is 4.26. The van der Waals surface area contributed by atoms with E-state index >= 15 is 0 Å². The second kappa shape index (κ2) is 6.69. The number of thiazole rings is 1. The van der Waals surface area contributed by atoms with Gasteiger partial charge >= 0.3 is 6.03 Å². The van der Waals surface area contributed by atoms with E-state index in [4.69, 9.17) is 5.73 Å². The molecule has 1 aromatic carbocycles. The number of carbonyl (C=O) groups is 2. The lowest BCUT2D eigenvalue weighted by Crippen LogP contribution is -2.31. The van der Waals surface area contributed by atoms with E-state index in [1.807, 2.05) is 0 Å². The number of sulfone groups is 1. The van der Waals surface area contributed by atoms with Crippen LogP contribution in [-0.2, 0) is 16.4 Å². The summed E-state index contributed by atoms with van der Waals surface area (Å²) in [7, 11) is -3.24. The highest BCUT2D eigenvalue weighted by molar-refractivity contribution is 7.90. The Morgan fingerprint density at radius 2 is 1.92 bits per heavy atom. The van der Waals surface area contributed by atoms with Gasteiger partial charge in [-0.1, -0.05) is 23.5 Å². The third-order valence-corrected chi connectivity index (χ3v) is 6.38. The fourth-order valence-electron chi connectivity index (χ4n) is 2.70. The van der Waals surface area contributed by atoms with Crippen LogP contribution < -0.4 is 10.6 Å². The summed E-state index contributed by atoms with van der Waals surface area (Å²) in [6, 6.07) is 6.26. The highest BCUT2D eigenvalue weighted by atomic mass is 32.2. The van der Waals surface area contributed by atoms with E-state index in [-0.39, 0.29) is 10.9 Å². The van der Waals surface area contributed by atoms with Gasteiger partial charge in [0.25, 0.3) is 5.91 Å². The summed E-state index contributed by atoms with van der Waals surface area (Å²) in [5, 5.41) is 0.455. The summed E-state index contributed by atoms with van der Waals surface area (Å²) in [5.41, 5.74) is 6.66. The number of amides is 3. The first-order valence-electron chi connectivity index (χ1n) is 7.79. The molecule has 0 radical (unpaired) electrons. The Bertz CT molecular complexity index is 967. The van der Waals surface area contributed by atoms with E-state index in [0.29, 0.717) is 35.3 Å². The van der Waals surface area contributed by atoms with E-state index < -0.39 is 15.7 Å². The molecule has 0 spiro atoms. The number of hydrogen-bond donors (Lipinski definition) is 1. The number of nitrogens with two attached hydrogens (primary N) is 1. The van der Waals surface area contributed by atoms with E-state index in [0.717, 1.165) is 23.2 Å². The topological polar surface area (TPSA) is 114 Å². The zero-order chi connectivity index (χ0) is 19.1. The van der Waals surface area contributed by atoms with Crippen LogP contribution in [0, 0.1) is 6.92 Å². The standard InChI is InChI=1S/C16H18N4O4S2/c1-10-13(14(17)21)25-15(18-10)20-8-7-19(16(20)22)9-11-3-5-12(6-4-11)26(2,23)24/h3-6H,7-9H2,1-2H3,(H2,17,21). The van der Waals surface area contributed by atoms with Crippen molar-refractivity contribution in [2.75, 3.05) is 24.2 Å². The molecule has 8 nitrogen and oxygen atoms in total. The molecule has 3 amide bonds. The minimum Gasteiger partial charge on any atom is -0.365 e. The SMILES string of the molecule is Cc1nc(N2CCN(Cc3ccc(S(C)(=O)=O)cc3)C2=O)sc1C(N)=O. The number of aromatic nitrogens is 1. The molecule has 2 N–H and O–H groups in total. The predicted molar refractivity (Wildman–Crippen MR) is 98.1 cm³/mol. The molecule has 1 fully saturated rings. The van der Waals surface area contributed by atoms with Gasteiger partial charge in [0.1, 0.15) is 4.88 Å². The van der Waals surface area contributed by atoms with E-state index in [2.05, 4.69) is 4.98 Å². The molecular weight excluding hydrogens is 376 g/mol. The summed E-state index contributed by atoms with van der Waals surface area (Å²) < 4.78 is 23.0. The second-order valence-corrected chi connectivity index (χ2v) is 9.04. The number of carbonyl (C=O) groups excluding carboxylic acids is 2. The van der Waals surface area contributed by atoms with Gasteiger partial charge in [-0.2, -0.15) is 0 Å². The van der Waals surface area contributed by atoms with Crippen LogP contribution in [0.15, 0.2) is 29.2 Å². The van der Waals surface area contributed by atoms with Crippen LogP contribution in [0.5, 0.6) is 0 Å². The first-order valence-corrected chi connectivity index (χ1v) is 10.5. The Kier molecular flexibility index (Phi) is 4.72. The van der Waals surface area contributed by atoms with Crippen LogP contribution in [0.25, 0.3) is 0 Å². The van der Waals surface area contributed by atoms with Gasteiger partial charge in [0.2, 0.25) is 0 Å². The van der Waals surface area contributed by atoms with Crippen molar-refractivity contribution in [2.24, 2.45) is 5.73 Å². The van der Waals surface area contributed by atoms with Gasteiger partial charge in [-0.3, -0.25) is 9.69 Å². The van der Waals surface area contributed by atoms with Crippen LogP contribution >= 0.6 is 11.3 Å². The normalized spacial score (nSPS) is 14.9. The van der Waals surface area contributed by atoms with Crippen LogP contribution in [0.2, 0.25) is 0 Å². The molecular formula is C16H18N4O4S2. The summed E-state index contributed by atoms with van der Waals surface area (Å²) in [6.45, 7) is 3.02. The molecule has 1 aliphatic rings. The quantitative estimate of drug-likeness (QED) is 0.823. The van der Waals surface area contributed by atoms with Crippen molar-refractivity contribution in [3.05, 3.63) is 40.4 Å². The maximum atomic E-state index is 12.6. The molecule has 0 atom stereocenters. The monoisotopic (exact) mass is 394 g/mol. The van der Waals surface area contributed by atoms with Gasteiger partial charge in [0, 0.05) is 25.9 Å². The van der Waals surface area contributed by atoms with Gasteiger partial charge in [-0.25, -0.2) is 18.2 Å². The number of urea groups is 1. The first-order chi connectivity index (χ1) is 12.2. The lowest BCUT2D eigenvalue weighted by atomic mass is 10.2. The minimum atomic E-state index is -3.24. The molecule has 0 unspecified atom stereocenters. The molecule has 2 heterocycles. The largest absolute Gasteiger partial charge is 0.365 e. The smallest absolute Gasteiger partial charge is 0.326 e. The third kappa shape index (κ3) is 3.56. The van der Waals surface area contributed by atoms with Gasteiger partial charge in [0.05, 0.1) is 10.6 Å². The molecule has 0 aliphatic carbocycles. The molecule has 1 aromatic heterocycles. The predicted octanol–water partition coefficient (Wildman–Crippen LogP) is 1.40. The molecule has 26 heavy (non-hydrogen) atoms. The highest BCUT2D eigenvalue weighted by Gasteiger charge is 2.32. The number of anilines is 1. The molecule has 1 saturated heterocycles. The zero-order valence-corrected chi connectivity index (χ0v) is 15.9. The lowest BCUT2D eigenvalue weighted by Gasteiger charge is -2.17. The first kappa shape index (κ1) is 18.3. The van der Waals surface area contributed by atoms with Crippen LogP contribution in [0.3, 0.4) is 0 Å². The summed E-state index contributed by atoms with van der Waals surface area (Å²) in [5.74, 6) is -0.555. The van der Waals surface area contributed by atoms with Crippen molar-refractivity contribution in [1.29, 1.82) is 0 Å². The zero-order valence-electron chi connectivity index (χ0n) is 14.3. The van der Waals surface area contributed by atoms with Gasteiger partial charge in [0.15, 0.2) is 15.0 Å². The van der Waals surface area contributed by atoms with Crippen molar-refractivity contribution in [3.63, 3.8) is 0 Å². The number of benzene rings is 1. The van der Waals surface area contributed by atoms with Crippen molar-refractivity contribution < 1.29 is 18.0 Å². The van der Waals surface area contributed by atoms with Crippen molar-refractivity contribution in [3.8, 4) is 0 Å². The average molecular weight is 394 g/mol. The van der Waals surface area contributed by atoms with E-state index in [9.17, 15) is 18.0 Å². The third-order valence-electron chi connectivity index (χ3n) is 4.06. The van der Waals surface area contributed by atoms with Crippen molar-refractivity contribution >= 4 is 38.2 Å². The average Bonchev–Trinajstić information content (AvgIpc) is 3.11. The maximum absolute atomic E-state index is 12.6. The molecule has 3 rings (SSSR count). The maximum Gasteiger partial charge on any atom is 0.326 e.